The molecule has 0 saturated carbocycles. The topological polar surface area (TPSA) is 33.1 Å². The molecule has 2 heteroatoms. The zero-order valence-electron chi connectivity index (χ0n) is 4.40. The molecule has 0 radical (unpaired) electrons. The third kappa shape index (κ3) is 3.03. The lowest BCUT2D eigenvalue weighted by Gasteiger charge is -1.96. The molecule has 2 nitrogen and oxygen atoms in total. The Hall–Kier alpha value is -0.790. The Balaban J connectivity index is 3.17. The van der Waals surface area contributed by atoms with Crippen LogP contribution in [0.2, 0.25) is 0 Å². The van der Waals surface area contributed by atoms with Gasteiger partial charge in [-0.05, 0) is 6.92 Å². The van der Waals surface area contributed by atoms with Crippen molar-refractivity contribution in [3.63, 3.8) is 0 Å². The molecular weight excluding hydrogens is 90.1 g/mol. The van der Waals surface area contributed by atoms with E-state index >= 15 is 0 Å². The highest BCUT2D eigenvalue weighted by Gasteiger charge is 1.79. The quantitative estimate of drug-likeness (QED) is 0.418. The molecule has 0 rings (SSSR count). The second kappa shape index (κ2) is 3.40. The van der Waals surface area contributed by atoms with Crippen molar-refractivity contribution in [2.24, 2.45) is 0 Å². The van der Waals surface area contributed by atoms with Crippen molar-refractivity contribution in [2.45, 2.75) is 6.92 Å². The zero-order chi connectivity index (χ0) is 5.70. The lowest BCUT2D eigenvalue weighted by molar-refractivity contribution is 0.252. The normalized spacial score (nSPS) is 7.57. The molecule has 1 N–H and O–H groups in total. The molecular formula is C5H9NO. The van der Waals surface area contributed by atoms with Crippen LogP contribution >= 0.6 is 0 Å². The van der Waals surface area contributed by atoms with E-state index in [0.717, 1.165) is 6.21 Å². The van der Waals surface area contributed by atoms with Gasteiger partial charge in [-0.15, -0.1) is 0 Å². The number of hydrogen-bond acceptors (Lipinski definition) is 2. The molecule has 0 aliphatic carbocycles. The third-order valence-corrected chi connectivity index (χ3v) is 0.491. The van der Waals surface area contributed by atoms with E-state index in [2.05, 4.69) is 6.58 Å². The standard InChI is InChI=1S/C5H9NO/c1-3-7-5(2)4-6/h4,6H,2-3H2,1H3. The molecule has 0 atom stereocenters. The Morgan fingerprint density at radius 2 is 2.57 bits per heavy atom. The number of ether oxygens (including phenoxy) is 1. The van der Waals surface area contributed by atoms with Crippen molar-refractivity contribution < 1.29 is 4.74 Å². The highest BCUT2D eigenvalue weighted by molar-refractivity contribution is 5.71. The van der Waals surface area contributed by atoms with Gasteiger partial charge in [-0.25, -0.2) is 0 Å². The first-order chi connectivity index (χ1) is 3.31. The fraction of sp³-hybridized carbons (Fsp3) is 0.400. The first-order valence-electron chi connectivity index (χ1n) is 2.13. The Morgan fingerprint density at radius 3 is 2.71 bits per heavy atom. The molecule has 0 spiro atoms. The maximum absolute atomic E-state index is 6.56. The predicted octanol–water partition coefficient (Wildman–Crippen LogP) is 1.19. The number of rotatable bonds is 3. The summed E-state index contributed by atoms with van der Waals surface area (Å²) in [5.41, 5.74) is 0. The van der Waals surface area contributed by atoms with Crippen LogP contribution in [-0.2, 0) is 4.74 Å². The highest BCUT2D eigenvalue weighted by atomic mass is 16.5. The van der Waals surface area contributed by atoms with Crippen LogP contribution < -0.4 is 0 Å². The minimum atomic E-state index is 0.419. The van der Waals surface area contributed by atoms with Crippen LogP contribution in [0, 0.1) is 5.41 Å². The van der Waals surface area contributed by atoms with E-state index < -0.39 is 0 Å². The molecule has 0 aliphatic rings. The molecule has 0 aromatic rings. The molecule has 0 amide bonds. The summed E-state index contributed by atoms with van der Waals surface area (Å²) in [7, 11) is 0. The van der Waals surface area contributed by atoms with Gasteiger partial charge in [-0.2, -0.15) is 0 Å². The highest BCUT2D eigenvalue weighted by Crippen LogP contribution is 1.83. The van der Waals surface area contributed by atoms with Gasteiger partial charge in [0.1, 0.15) is 5.76 Å². The van der Waals surface area contributed by atoms with E-state index in [1.807, 2.05) is 6.92 Å². The van der Waals surface area contributed by atoms with Crippen LogP contribution in [0.1, 0.15) is 6.92 Å². The van der Waals surface area contributed by atoms with Crippen molar-refractivity contribution in [3.8, 4) is 0 Å². The Morgan fingerprint density at radius 1 is 2.00 bits per heavy atom. The van der Waals surface area contributed by atoms with Crippen LogP contribution in [0.3, 0.4) is 0 Å². The maximum atomic E-state index is 6.56. The Kier molecular flexibility index (Phi) is 3.02. The predicted molar refractivity (Wildman–Crippen MR) is 29.5 cm³/mol. The molecule has 40 valence electrons. The van der Waals surface area contributed by atoms with Gasteiger partial charge in [0.2, 0.25) is 0 Å². The van der Waals surface area contributed by atoms with E-state index in [1.165, 1.54) is 0 Å². The van der Waals surface area contributed by atoms with Gasteiger partial charge < -0.3 is 10.1 Å². The SMILES string of the molecule is C=C(C=N)OCC. The van der Waals surface area contributed by atoms with Gasteiger partial charge in [0.25, 0.3) is 0 Å². The fourth-order valence-electron chi connectivity index (χ4n) is 0.227. The Bertz CT molecular complexity index is 78.1. The van der Waals surface area contributed by atoms with Crippen molar-refractivity contribution in [3.05, 3.63) is 12.3 Å². The van der Waals surface area contributed by atoms with Crippen LogP contribution in [0.25, 0.3) is 0 Å². The molecule has 0 aromatic carbocycles. The second-order valence-electron chi connectivity index (χ2n) is 1.04. The molecule has 0 heterocycles. The number of hydrogen-bond donors (Lipinski definition) is 1. The van der Waals surface area contributed by atoms with E-state index in [9.17, 15) is 0 Å². The molecule has 0 aliphatic heterocycles. The third-order valence-electron chi connectivity index (χ3n) is 0.491. The summed E-state index contributed by atoms with van der Waals surface area (Å²) >= 11 is 0. The van der Waals surface area contributed by atoms with Crippen LogP contribution in [0.5, 0.6) is 0 Å². The molecule has 0 bridgehead atoms. The zero-order valence-corrected chi connectivity index (χ0v) is 4.40. The van der Waals surface area contributed by atoms with E-state index in [0.29, 0.717) is 12.4 Å². The van der Waals surface area contributed by atoms with Gasteiger partial charge in [0.15, 0.2) is 0 Å². The largest absolute Gasteiger partial charge is 0.493 e. The fourth-order valence-corrected chi connectivity index (χ4v) is 0.227. The minimum Gasteiger partial charge on any atom is -0.493 e. The van der Waals surface area contributed by atoms with E-state index in [4.69, 9.17) is 10.1 Å². The van der Waals surface area contributed by atoms with Gasteiger partial charge in [-0.1, -0.05) is 6.58 Å². The number of nitrogens with one attached hydrogen (secondary N) is 1. The molecule has 0 aromatic heterocycles. The van der Waals surface area contributed by atoms with Gasteiger partial charge >= 0.3 is 0 Å². The smallest absolute Gasteiger partial charge is 0.129 e. The summed E-state index contributed by atoms with van der Waals surface area (Å²) in [6.07, 6.45) is 1.09. The van der Waals surface area contributed by atoms with Crippen LogP contribution in [0.4, 0.5) is 0 Å². The summed E-state index contributed by atoms with van der Waals surface area (Å²) in [4.78, 5) is 0. The van der Waals surface area contributed by atoms with Crippen molar-refractivity contribution in [2.75, 3.05) is 6.61 Å². The molecule has 0 fully saturated rings. The van der Waals surface area contributed by atoms with Gasteiger partial charge in [0, 0.05) is 0 Å². The summed E-state index contributed by atoms with van der Waals surface area (Å²) in [5.74, 6) is 0.419. The van der Waals surface area contributed by atoms with E-state index in [-0.39, 0.29) is 0 Å². The molecule has 0 unspecified atom stereocenters. The van der Waals surface area contributed by atoms with Crippen molar-refractivity contribution >= 4 is 6.21 Å². The van der Waals surface area contributed by atoms with Crippen molar-refractivity contribution in [1.29, 1.82) is 5.41 Å². The van der Waals surface area contributed by atoms with E-state index in [1.54, 1.807) is 0 Å². The first kappa shape index (κ1) is 6.21. The average molecular weight is 99.1 g/mol. The van der Waals surface area contributed by atoms with Crippen molar-refractivity contribution in [1.82, 2.24) is 0 Å². The molecule has 7 heavy (non-hydrogen) atoms. The lowest BCUT2D eigenvalue weighted by Crippen LogP contribution is -1.88. The summed E-state index contributed by atoms with van der Waals surface area (Å²) in [6, 6.07) is 0. The second-order valence-corrected chi connectivity index (χ2v) is 1.04. The average Bonchev–Trinajstić information content (AvgIpc) is 1.68. The van der Waals surface area contributed by atoms with Crippen LogP contribution in [0.15, 0.2) is 12.3 Å². The summed E-state index contributed by atoms with van der Waals surface area (Å²) in [5, 5.41) is 6.56. The summed E-state index contributed by atoms with van der Waals surface area (Å²) < 4.78 is 4.75. The van der Waals surface area contributed by atoms with Gasteiger partial charge in [0.05, 0.1) is 12.8 Å². The summed E-state index contributed by atoms with van der Waals surface area (Å²) in [6.45, 7) is 5.84. The first-order valence-corrected chi connectivity index (χ1v) is 2.13. The van der Waals surface area contributed by atoms with Gasteiger partial charge in [-0.3, -0.25) is 0 Å². The number of allylic oxidation sites excluding steroid dienone is 1. The lowest BCUT2D eigenvalue weighted by atomic mass is 10.6. The Labute approximate surface area is 43.3 Å². The monoisotopic (exact) mass is 99.1 g/mol. The maximum Gasteiger partial charge on any atom is 0.129 e. The minimum absolute atomic E-state index is 0.419. The molecule has 0 saturated heterocycles. The van der Waals surface area contributed by atoms with Crippen LogP contribution in [-0.4, -0.2) is 12.8 Å².